The van der Waals surface area contributed by atoms with Crippen molar-refractivity contribution in [2.24, 2.45) is 0 Å². The van der Waals surface area contributed by atoms with Gasteiger partial charge in [0.05, 0.1) is 26.2 Å². The lowest BCUT2D eigenvalue weighted by Crippen LogP contribution is -3.15. The molecule has 1 heterocycles. The van der Waals surface area contributed by atoms with Gasteiger partial charge < -0.3 is 15.1 Å². The van der Waals surface area contributed by atoms with Crippen LogP contribution in [0.4, 0.5) is 14.9 Å². The van der Waals surface area contributed by atoms with E-state index in [1.54, 1.807) is 17.0 Å². The summed E-state index contributed by atoms with van der Waals surface area (Å²) in [5, 5.41) is 2.80. The van der Waals surface area contributed by atoms with Crippen molar-refractivity contribution in [2.75, 3.05) is 31.5 Å². The molecular weight excluding hydrogens is 365 g/mol. The van der Waals surface area contributed by atoms with Crippen molar-refractivity contribution in [3.8, 4) is 0 Å². The number of carbonyl (C=O) groups excluding carboxylic acids is 1. The van der Waals surface area contributed by atoms with Crippen molar-refractivity contribution in [2.45, 2.75) is 6.04 Å². The third kappa shape index (κ3) is 4.63. The number of nitrogens with one attached hydrogen (secondary N) is 2. The average molecular weight is 390 g/mol. The third-order valence-electron chi connectivity index (χ3n) is 5.44. The van der Waals surface area contributed by atoms with E-state index in [1.165, 1.54) is 28.2 Å². The van der Waals surface area contributed by atoms with Crippen LogP contribution in [-0.2, 0) is 0 Å². The van der Waals surface area contributed by atoms with Gasteiger partial charge in [-0.15, -0.1) is 0 Å². The Labute approximate surface area is 170 Å². The lowest BCUT2D eigenvalue weighted by atomic mass is 9.96. The molecule has 2 N–H and O–H groups in total. The van der Waals surface area contributed by atoms with Crippen LogP contribution in [0.2, 0.25) is 0 Å². The Balaban J connectivity index is 1.45. The van der Waals surface area contributed by atoms with Gasteiger partial charge in [-0.2, -0.15) is 0 Å². The first-order chi connectivity index (χ1) is 14.2. The zero-order chi connectivity index (χ0) is 20.1. The first-order valence-corrected chi connectivity index (χ1v) is 9.97. The zero-order valence-electron chi connectivity index (χ0n) is 16.2. The van der Waals surface area contributed by atoms with Gasteiger partial charge in [0.2, 0.25) is 0 Å². The molecule has 5 heteroatoms. The maximum Gasteiger partial charge on any atom is 0.322 e. The zero-order valence-corrected chi connectivity index (χ0v) is 16.2. The van der Waals surface area contributed by atoms with Crippen molar-refractivity contribution >= 4 is 11.7 Å². The molecule has 148 valence electrons. The number of quaternary nitrogens is 1. The number of hydrogen-bond donors (Lipinski definition) is 2. The van der Waals surface area contributed by atoms with Crippen molar-refractivity contribution in [1.29, 1.82) is 0 Å². The molecule has 0 unspecified atom stereocenters. The Morgan fingerprint density at radius 1 is 0.862 bits per heavy atom. The molecule has 3 aromatic carbocycles. The van der Waals surface area contributed by atoms with Gasteiger partial charge in [0.15, 0.2) is 0 Å². The van der Waals surface area contributed by atoms with Crippen LogP contribution < -0.4 is 10.2 Å². The summed E-state index contributed by atoms with van der Waals surface area (Å²) < 4.78 is 13.4. The van der Waals surface area contributed by atoms with Gasteiger partial charge in [0.1, 0.15) is 11.9 Å². The molecule has 1 aliphatic heterocycles. The molecule has 1 aliphatic rings. The summed E-state index contributed by atoms with van der Waals surface area (Å²) in [6.07, 6.45) is 0. The standard InChI is InChI=1S/C24H24FN3O/c25-21-12-7-13-22(18-21)26-24(29)28-16-14-27(15-17-28)23(19-8-3-1-4-9-19)20-10-5-2-6-11-20/h1-13,18,23H,14-17H2,(H,26,29)/p+1. The highest BCUT2D eigenvalue weighted by molar-refractivity contribution is 5.89. The smallest absolute Gasteiger partial charge is 0.322 e. The summed E-state index contributed by atoms with van der Waals surface area (Å²) in [6.45, 7) is 3.02. The van der Waals surface area contributed by atoms with E-state index in [9.17, 15) is 9.18 Å². The number of nitrogens with zero attached hydrogens (tertiary/aromatic N) is 1. The molecule has 0 saturated carbocycles. The Morgan fingerprint density at radius 3 is 2.00 bits per heavy atom. The fourth-order valence-corrected chi connectivity index (χ4v) is 4.01. The van der Waals surface area contributed by atoms with Gasteiger partial charge in [-0.1, -0.05) is 66.7 Å². The van der Waals surface area contributed by atoms with Crippen LogP contribution in [0.1, 0.15) is 17.2 Å². The SMILES string of the molecule is O=C(Nc1cccc(F)c1)N1CC[NH+](C(c2ccccc2)c2ccccc2)CC1. The van der Waals surface area contributed by atoms with E-state index in [1.807, 2.05) is 12.1 Å². The summed E-state index contributed by atoms with van der Waals surface area (Å²) in [5.74, 6) is -0.356. The van der Waals surface area contributed by atoms with Crippen LogP contribution in [0.3, 0.4) is 0 Å². The first-order valence-electron chi connectivity index (χ1n) is 9.97. The van der Waals surface area contributed by atoms with E-state index in [2.05, 4.69) is 53.8 Å². The number of benzene rings is 3. The normalized spacial score (nSPS) is 14.8. The van der Waals surface area contributed by atoms with Gasteiger partial charge in [-0.25, -0.2) is 9.18 Å². The second kappa shape index (κ2) is 8.88. The number of halogens is 1. The Morgan fingerprint density at radius 2 is 1.45 bits per heavy atom. The van der Waals surface area contributed by atoms with Gasteiger partial charge in [0.25, 0.3) is 0 Å². The molecule has 0 aliphatic carbocycles. The van der Waals surface area contributed by atoms with Crippen LogP contribution >= 0.6 is 0 Å². The van der Waals surface area contributed by atoms with E-state index < -0.39 is 0 Å². The minimum atomic E-state index is -0.356. The van der Waals surface area contributed by atoms with Crippen molar-refractivity contribution in [3.63, 3.8) is 0 Å². The number of carbonyl (C=O) groups is 1. The van der Waals surface area contributed by atoms with Crippen LogP contribution in [0.15, 0.2) is 84.9 Å². The molecule has 0 bridgehead atoms. The summed E-state index contributed by atoms with van der Waals surface area (Å²) in [4.78, 5) is 15.8. The summed E-state index contributed by atoms with van der Waals surface area (Å²) in [5.41, 5.74) is 3.05. The highest BCUT2D eigenvalue weighted by atomic mass is 19.1. The van der Waals surface area contributed by atoms with E-state index in [4.69, 9.17) is 0 Å². The molecule has 3 aromatic rings. The van der Waals surface area contributed by atoms with E-state index in [0.29, 0.717) is 18.8 Å². The number of amides is 2. The number of anilines is 1. The number of hydrogen-bond acceptors (Lipinski definition) is 1. The average Bonchev–Trinajstić information content (AvgIpc) is 2.76. The Kier molecular flexibility index (Phi) is 5.86. The van der Waals surface area contributed by atoms with Crippen molar-refractivity contribution in [3.05, 3.63) is 102 Å². The maximum atomic E-state index is 13.4. The fourth-order valence-electron chi connectivity index (χ4n) is 4.01. The van der Waals surface area contributed by atoms with Crippen LogP contribution in [0, 0.1) is 5.82 Å². The monoisotopic (exact) mass is 390 g/mol. The molecule has 1 fully saturated rings. The summed E-state index contributed by atoms with van der Waals surface area (Å²) in [6, 6.07) is 27.1. The predicted molar refractivity (Wildman–Crippen MR) is 112 cm³/mol. The maximum absolute atomic E-state index is 13.4. The lowest BCUT2D eigenvalue weighted by molar-refractivity contribution is -0.929. The van der Waals surface area contributed by atoms with Crippen LogP contribution in [-0.4, -0.2) is 37.1 Å². The second-order valence-electron chi connectivity index (χ2n) is 7.34. The van der Waals surface area contributed by atoms with E-state index in [-0.39, 0.29) is 17.9 Å². The van der Waals surface area contributed by atoms with Gasteiger partial charge in [-0.3, -0.25) is 0 Å². The first kappa shape index (κ1) is 19.2. The highest BCUT2D eigenvalue weighted by Gasteiger charge is 2.31. The second-order valence-corrected chi connectivity index (χ2v) is 7.34. The number of urea groups is 1. The van der Waals surface area contributed by atoms with Gasteiger partial charge >= 0.3 is 6.03 Å². The summed E-state index contributed by atoms with van der Waals surface area (Å²) in [7, 11) is 0. The molecular formula is C24H25FN3O+. The molecule has 29 heavy (non-hydrogen) atoms. The number of rotatable bonds is 4. The largest absolute Gasteiger partial charge is 0.322 e. The molecule has 0 aromatic heterocycles. The van der Waals surface area contributed by atoms with Crippen LogP contribution in [0.5, 0.6) is 0 Å². The van der Waals surface area contributed by atoms with Crippen LogP contribution in [0.25, 0.3) is 0 Å². The highest BCUT2D eigenvalue weighted by Crippen LogP contribution is 2.19. The van der Waals surface area contributed by atoms with Gasteiger partial charge in [0, 0.05) is 16.8 Å². The Bertz CT molecular complexity index is 901. The molecule has 0 spiro atoms. The van der Waals surface area contributed by atoms with E-state index in [0.717, 1.165) is 13.1 Å². The van der Waals surface area contributed by atoms with Gasteiger partial charge in [-0.05, 0) is 18.2 Å². The molecule has 2 amide bonds. The van der Waals surface area contributed by atoms with Crippen molar-refractivity contribution < 1.29 is 14.1 Å². The topological polar surface area (TPSA) is 36.8 Å². The van der Waals surface area contributed by atoms with E-state index >= 15 is 0 Å². The third-order valence-corrected chi connectivity index (χ3v) is 5.44. The van der Waals surface area contributed by atoms with Crippen molar-refractivity contribution in [1.82, 2.24) is 4.90 Å². The molecule has 4 rings (SSSR count). The molecule has 0 radical (unpaired) electrons. The number of piperazine rings is 1. The quantitative estimate of drug-likeness (QED) is 0.704. The summed E-state index contributed by atoms with van der Waals surface area (Å²) >= 11 is 0. The molecule has 0 atom stereocenters. The molecule has 1 saturated heterocycles. The lowest BCUT2D eigenvalue weighted by Gasteiger charge is -2.37. The minimum Gasteiger partial charge on any atom is -0.322 e. The minimum absolute atomic E-state index is 0.175. The Hall–Kier alpha value is -3.18. The predicted octanol–water partition coefficient (Wildman–Crippen LogP) is 3.35. The molecule has 4 nitrogen and oxygen atoms in total. The fraction of sp³-hybridized carbons (Fsp3) is 0.208.